The third-order valence-electron chi connectivity index (χ3n) is 1.99. The number of aliphatic hydroxyl groups excluding tert-OH is 1. The van der Waals surface area contributed by atoms with Crippen molar-refractivity contribution in [3.8, 4) is 0 Å². The molecular weight excluding hydrogens is 244 g/mol. The molecule has 1 aromatic heterocycles. The van der Waals surface area contributed by atoms with Crippen LogP contribution in [0, 0.1) is 0 Å². The molecule has 0 saturated heterocycles. The standard InChI is InChI=1S/C10H15BrN2O/c1-8(14)5-6-13(2)10-4-3-9(11)7-12-10/h3-4,7-8,14H,5-6H2,1-2H3/t8-/m0/s1. The number of halogens is 1. The van der Waals surface area contributed by atoms with E-state index >= 15 is 0 Å². The molecule has 0 aromatic carbocycles. The summed E-state index contributed by atoms with van der Waals surface area (Å²) in [4.78, 5) is 6.28. The van der Waals surface area contributed by atoms with Crippen molar-refractivity contribution in [3.63, 3.8) is 0 Å². The van der Waals surface area contributed by atoms with Gasteiger partial charge in [0, 0.05) is 24.3 Å². The van der Waals surface area contributed by atoms with Crippen LogP contribution >= 0.6 is 15.9 Å². The van der Waals surface area contributed by atoms with E-state index in [9.17, 15) is 0 Å². The first-order valence-corrected chi connectivity index (χ1v) is 5.39. The lowest BCUT2D eigenvalue weighted by atomic mass is 10.3. The molecule has 0 amide bonds. The minimum atomic E-state index is -0.257. The molecule has 0 saturated carbocycles. The van der Waals surface area contributed by atoms with Crippen molar-refractivity contribution in [2.45, 2.75) is 19.4 Å². The Morgan fingerprint density at radius 3 is 2.79 bits per heavy atom. The lowest BCUT2D eigenvalue weighted by Crippen LogP contribution is -2.22. The quantitative estimate of drug-likeness (QED) is 0.899. The van der Waals surface area contributed by atoms with E-state index in [1.54, 1.807) is 13.1 Å². The van der Waals surface area contributed by atoms with Crippen molar-refractivity contribution in [2.24, 2.45) is 0 Å². The zero-order valence-electron chi connectivity index (χ0n) is 8.44. The van der Waals surface area contributed by atoms with E-state index in [2.05, 4.69) is 20.9 Å². The van der Waals surface area contributed by atoms with Crippen LogP contribution in [0.25, 0.3) is 0 Å². The Hall–Kier alpha value is -0.610. The molecule has 1 rings (SSSR count). The molecule has 0 bridgehead atoms. The van der Waals surface area contributed by atoms with Crippen LogP contribution in [-0.2, 0) is 0 Å². The molecule has 0 fully saturated rings. The van der Waals surface area contributed by atoms with Gasteiger partial charge in [0.25, 0.3) is 0 Å². The predicted molar refractivity (Wildman–Crippen MR) is 61.5 cm³/mol. The highest BCUT2D eigenvalue weighted by Crippen LogP contribution is 2.13. The van der Waals surface area contributed by atoms with Crippen molar-refractivity contribution < 1.29 is 5.11 Å². The summed E-state index contributed by atoms with van der Waals surface area (Å²) in [6, 6.07) is 3.91. The fourth-order valence-electron chi connectivity index (χ4n) is 1.09. The fourth-order valence-corrected chi connectivity index (χ4v) is 1.32. The van der Waals surface area contributed by atoms with Crippen LogP contribution in [-0.4, -0.2) is 29.8 Å². The summed E-state index contributed by atoms with van der Waals surface area (Å²) in [5, 5.41) is 9.14. The summed E-state index contributed by atoms with van der Waals surface area (Å²) in [5.41, 5.74) is 0. The highest BCUT2D eigenvalue weighted by Gasteiger charge is 2.03. The lowest BCUT2D eigenvalue weighted by Gasteiger charge is -2.18. The van der Waals surface area contributed by atoms with Crippen molar-refractivity contribution in [1.29, 1.82) is 0 Å². The number of hydrogen-bond acceptors (Lipinski definition) is 3. The summed E-state index contributed by atoms with van der Waals surface area (Å²) in [6.07, 6.45) is 2.27. The van der Waals surface area contributed by atoms with Gasteiger partial charge in [-0.3, -0.25) is 0 Å². The van der Waals surface area contributed by atoms with Gasteiger partial charge in [0.15, 0.2) is 0 Å². The number of aliphatic hydroxyl groups is 1. The predicted octanol–water partition coefficient (Wildman–Crippen LogP) is 2.05. The number of anilines is 1. The molecule has 0 aliphatic rings. The van der Waals surface area contributed by atoms with Crippen LogP contribution < -0.4 is 4.90 Å². The molecule has 14 heavy (non-hydrogen) atoms. The maximum Gasteiger partial charge on any atom is 0.128 e. The van der Waals surface area contributed by atoms with Gasteiger partial charge < -0.3 is 10.0 Å². The molecule has 0 unspecified atom stereocenters. The summed E-state index contributed by atoms with van der Waals surface area (Å²) in [6.45, 7) is 2.61. The van der Waals surface area contributed by atoms with Gasteiger partial charge in [0.2, 0.25) is 0 Å². The summed E-state index contributed by atoms with van der Waals surface area (Å²) in [7, 11) is 1.97. The van der Waals surface area contributed by atoms with Gasteiger partial charge in [0.1, 0.15) is 5.82 Å². The minimum Gasteiger partial charge on any atom is -0.393 e. The second-order valence-electron chi connectivity index (χ2n) is 3.39. The number of nitrogens with zero attached hydrogens (tertiary/aromatic N) is 2. The SMILES string of the molecule is C[C@H](O)CCN(C)c1ccc(Br)cn1. The van der Waals surface area contributed by atoms with E-state index in [1.807, 2.05) is 24.1 Å². The molecule has 0 aliphatic heterocycles. The lowest BCUT2D eigenvalue weighted by molar-refractivity contribution is 0.187. The molecule has 1 N–H and O–H groups in total. The van der Waals surface area contributed by atoms with Crippen molar-refractivity contribution >= 4 is 21.7 Å². The average molecular weight is 259 g/mol. The van der Waals surface area contributed by atoms with Crippen LogP contribution in [0.5, 0.6) is 0 Å². The van der Waals surface area contributed by atoms with E-state index in [0.717, 1.165) is 23.3 Å². The van der Waals surface area contributed by atoms with Crippen molar-refractivity contribution in [2.75, 3.05) is 18.5 Å². The summed E-state index contributed by atoms with van der Waals surface area (Å²) < 4.78 is 0.977. The van der Waals surface area contributed by atoms with Crippen molar-refractivity contribution in [1.82, 2.24) is 4.98 Å². The van der Waals surface area contributed by atoms with E-state index in [0.29, 0.717) is 0 Å². The van der Waals surface area contributed by atoms with E-state index in [1.165, 1.54) is 0 Å². The monoisotopic (exact) mass is 258 g/mol. The molecule has 0 radical (unpaired) electrons. The number of aromatic nitrogens is 1. The molecule has 1 heterocycles. The molecule has 1 atom stereocenters. The summed E-state index contributed by atoms with van der Waals surface area (Å²) in [5.74, 6) is 0.925. The normalized spacial score (nSPS) is 12.6. The van der Waals surface area contributed by atoms with Crippen LogP contribution in [0.3, 0.4) is 0 Å². The van der Waals surface area contributed by atoms with Gasteiger partial charge in [-0.1, -0.05) is 0 Å². The highest BCUT2D eigenvalue weighted by atomic mass is 79.9. The van der Waals surface area contributed by atoms with Crippen LogP contribution in [0.4, 0.5) is 5.82 Å². The first kappa shape index (κ1) is 11.5. The Morgan fingerprint density at radius 1 is 1.57 bits per heavy atom. The Kier molecular flexibility index (Phi) is 4.35. The van der Waals surface area contributed by atoms with Crippen molar-refractivity contribution in [3.05, 3.63) is 22.8 Å². The topological polar surface area (TPSA) is 36.4 Å². The van der Waals surface area contributed by atoms with Gasteiger partial charge in [-0.2, -0.15) is 0 Å². The van der Waals surface area contributed by atoms with E-state index in [4.69, 9.17) is 5.11 Å². The molecule has 0 aliphatic carbocycles. The van der Waals surface area contributed by atoms with Gasteiger partial charge in [-0.25, -0.2) is 4.98 Å². The second kappa shape index (κ2) is 5.32. The van der Waals surface area contributed by atoms with Gasteiger partial charge in [-0.05, 0) is 41.4 Å². The Balaban J connectivity index is 2.52. The average Bonchev–Trinajstić information content (AvgIpc) is 2.15. The van der Waals surface area contributed by atoms with Gasteiger partial charge >= 0.3 is 0 Å². The number of rotatable bonds is 4. The minimum absolute atomic E-state index is 0.257. The molecule has 4 heteroatoms. The Bertz CT molecular complexity index is 274. The van der Waals surface area contributed by atoms with E-state index < -0.39 is 0 Å². The van der Waals surface area contributed by atoms with Crippen LogP contribution in [0.2, 0.25) is 0 Å². The molecule has 0 spiro atoms. The highest BCUT2D eigenvalue weighted by molar-refractivity contribution is 9.10. The van der Waals surface area contributed by atoms with Crippen LogP contribution in [0.15, 0.2) is 22.8 Å². The maximum atomic E-state index is 9.14. The second-order valence-corrected chi connectivity index (χ2v) is 4.31. The number of hydrogen-bond donors (Lipinski definition) is 1. The zero-order valence-corrected chi connectivity index (χ0v) is 10.0. The molecule has 1 aromatic rings. The first-order chi connectivity index (χ1) is 6.59. The maximum absolute atomic E-state index is 9.14. The molecular formula is C10H15BrN2O. The largest absolute Gasteiger partial charge is 0.393 e. The Labute approximate surface area is 92.9 Å². The third-order valence-corrected chi connectivity index (χ3v) is 2.45. The fraction of sp³-hybridized carbons (Fsp3) is 0.500. The van der Waals surface area contributed by atoms with Gasteiger partial charge in [0.05, 0.1) is 6.10 Å². The first-order valence-electron chi connectivity index (χ1n) is 4.60. The van der Waals surface area contributed by atoms with E-state index in [-0.39, 0.29) is 6.10 Å². The smallest absolute Gasteiger partial charge is 0.128 e. The van der Waals surface area contributed by atoms with Crippen LogP contribution in [0.1, 0.15) is 13.3 Å². The zero-order chi connectivity index (χ0) is 10.6. The third kappa shape index (κ3) is 3.64. The van der Waals surface area contributed by atoms with Gasteiger partial charge in [-0.15, -0.1) is 0 Å². The summed E-state index contributed by atoms with van der Waals surface area (Å²) >= 11 is 3.34. The number of pyridine rings is 1. The molecule has 3 nitrogen and oxygen atoms in total. The Morgan fingerprint density at radius 2 is 2.29 bits per heavy atom. The molecule has 78 valence electrons.